The molecular weight excluding hydrogens is 594 g/mol. The summed E-state index contributed by atoms with van der Waals surface area (Å²) in [5.74, 6) is -3.66. The fourth-order valence-electron chi connectivity index (χ4n) is 3.10. The molecule has 0 unspecified atom stereocenters. The fraction of sp³-hybridized carbons (Fsp3) is 0.115. The summed E-state index contributed by atoms with van der Waals surface area (Å²) in [5.41, 5.74) is 0.418. The summed E-state index contributed by atoms with van der Waals surface area (Å²) in [6.07, 6.45) is -6.38. The number of nitrogens with one attached hydrogen (secondary N) is 2. The molecule has 0 saturated carbocycles. The van der Waals surface area contributed by atoms with E-state index in [1.807, 2.05) is 0 Å². The van der Waals surface area contributed by atoms with Crippen molar-refractivity contribution in [3.63, 3.8) is 0 Å². The topological polar surface area (TPSA) is 131 Å². The number of hydrogen-bond acceptors (Lipinski definition) is 7. The Kier molecular flexibility index (Phi) is 9.85. The summed E-state index contributed by atoms with van der Waals surface area (Å²) in [6, 6.07) is 12.1. The molecule has 220 valence electrons. The summed E-state index contributed by atoms with van der Waals surface area (Å²) in [5, 5.41) is 14.5. The zero-order chi connectivity index (χ0) is 31.1. The summed E-state index contributed by atoms with van der Waals surface area (Å²) in [7, 11) is 1.39. The van der Waals surface area contributed by atoms with Gasteiger partial charge in [-0.1, -0.05) is 6.07 Å². The molecule has 42 heavy (non-hydrogen) atoms. The molecule has 0 aliphatic rings. The average Bonchev–Trinajstić information content (AvgIpc) is 3.44. The number of pyridine rings is 1. The maximum atomic E-state index is 13.0. The second-order valence-corrected chi connectivity index (χ2v) is 8.87. The van der Waals surface area contributed by atoms with Crippen LogP contribution in [0.25, 0.3) is 10.6 Å². The highest BCUT2D eigenvalue weighted by Crippen LogP contribution is 2.31. The molecule has 0 aliphatic heterocycles. The number of carbonyl (C=O) groups excluding carboxylic acids is 2. The molecule has 2 aromatic heterocycles. The number of ether oxygens (including phenoxy) is 1. The van der Waals surface area contributed by atoms with Gasteiger partial charge in [-0.25, -0.2) is 9.78 Å². The molecule has 0 atom stereocenters. The van der Waals surface area contributed by atoms with Gasteiger partial charge in [-0.3, -0.25) is 14.6 Å². The van der Waals surface area contributed by atoms with Crippen LogP contribution in [0.4, 0.5) is 37.7 Å². The third-order valence-electron chi connectivity index (χ3n) is 5.02. The van der Waals surface area contributed by atoms with Gasteiger partial charge >= 0.3 is 18.3 Å². The first-order valence-corrected chi connectivity index (χ1v) is 12.2. The highest BCUT2D eigenvalue weighted by molar-refractivity contribution is 7.13. The van der Waals surface area contributed by atoms with Crippen molar-refractivity contribution in [1.29, 1.82) is 0 Å². The van der Waals surface area contributed by atoms with Crippen molar-refractivity contribution >= 4 is 40.5 Å². The Morgan fingerprint density at radius 1 is 0.881 bits per heavy atom. The number of amides is 2. The smallest absolute Gasteiger partial charge is 0.490 e. The number of halogens is 6. The Hall–Kier alpha value is -4.99. The molecule has 0 aliphatic carbocycles. The van der Waals surface area contributed by atoms with Crippen LogP contribution in [0.1, 0.15) is 26.4 Å². The van der Waals surface area contributed by atoms with Gasteiger partial charge in [0.05, 0.1) is 12.7 Å². The minimum absolute atomic E-state index is 0.0238. The number of thiazole rings is 1. The van der Waals surface area contributed by atoms with E-state index in [1.165, 1.54) is 48.8 Å². The number of anilines is 2. The Morgan fingerprint density at radius 3 is 2.12 bits per heavy atom. The number of carbonyl (C=O) groups is 3. The fourth-order valence-corrected chi connectivity index (χ4v) is 3.90. The van der Waals surface area contributed by atoms with Crippen LogP contribution in [-0.4, -0.2) is 46.1 Å². The standard InChI is InChI=1S/C24H17F3N4O3S.C2HF3O2/c1-34-19-10-15(21(32)29-17-4-2-3-16(11-17)24(25,26)27)9-18(12-19)30-22(33)20-13-35-23(31-20)14-5-7-28-8-6-14;3-2(4,5)1(6)7/h2-13H,1H3,(H,29,32)(H,30,33);(H,6,7). The van der Waals surface area contributed by atoms with E-state index in [0.29, 0.717) is 5.01 Å². The number of carboxylic acids is 1. The molecule has 0 fully saturated rings. The maximum absolute atomic E-state index is 13.0. The quantitative estimate of drug-likeness (QED) is 0.216. The Morgan fingerprint density at radius 2 is 1.52 bits per heavy atom. The molecular formula is C26H18F6N4O5S. The van der Waals surface area contributed by atoms with Crippen molar-refractivity contribution in [3.8, 4) is 16.3 Å². The van der Waals surface area contributed by atoms with Crippen LogP contribution in [0.3, 0.4) is 0 Å². The lowest BCUT2D eigenvalue weighted by Crippen LogP contribution is -2.21. The summed E-state index contributed by atoms with van der Waals surface area (Å²) < 4.78 is 75.8. The van der Waals surface area contributed by atoms with E-state index < -0.39 is 35.7 Å². The maximum Gasteiger partial charge on any atom is 0.490 e. The van der Waals surface area contributed by atoms with Crippen LogP contribution < -0.4 is 15.4 Å². The third kappa shape index (κ3) is 8.76. The van der Waals surface area contributed by atoms with Crippen LogP contribution in [0.5, 0.6) is 5.75 Å². The van der Waals surface area contributed by atoms with E-state index >= 15 is 0 Å². The third-order valence-corrected chi connectivity index (χ3v) is 5.91. The summed E-state index contributed by atoms with van der Waals surface area (Å²) in [6.45, 7) is 0. The monoisotopic (exact) mass is 612 g/mol. The molecule has 9 nitrogen and oxygen atoms in total. The molecule has 16 heteroatoms. The molecule has 0 radical (unpaired) electrons. The molecule has 0 spiro atoms. The molecule has 3 N–H and O–H groups in total. The van der Waals surface area contributed by atoms with Gasteiger partial charge in [-0.05, 0) is 42.5 Å². The SMILES string of the molecule is COc1cc(NC(=O)c2csc(-c3ccncc3)n2)cc(C(=O)Nc2cccc(C(F)(F)F)c2)c1.O=C(O)C(F)(F)F. The number of alkyl halides is 6. The van der Waals surface area contributed by atoms with Gasteiger partial charge < -0.3 is 20.5 Å². The number of benzene rings is 2. The number of aromatic nitrogens is 2. The van der Waals surface area contributed by atoms with Crippen LogP contribution in [0.2, 0.25) is 0 Å². The Balaban J connectivity index is 0.000000616. The van der Waals surface area contributed by atoms with Crippen molar-refractivity contribution < 1.29 is 50.6 Å². The number of carboxylic acid groups (broad SMARTS) is 1. The van der Waals surface area contributed by atoms with Gasteiger partial charge in [0, 0.05) is 46.3 Å². The zero-order valence-corrected chi connectivity index (χ0v) is 21.9. The van der Waals surface area contributed by atoms with Crippen LogP contribution in [-0.2, 0) is 11.0 Å². The van der Waals surface area contributed by atoms with E-state index in [9.17, 15) is 35.9 Å². The van der Waals surface area contributed by atoms with E-state index in [2.05, 4.69) is 20.6 Å². The van der Waals surface area contributed by atoms with E-state index in [1.54, 1.807) is 29.9 Å². The average molecular weight is 613 g/mol. The predicted octanol–water partition coefficient (Wildman–Crippen LogP) is 6.37. The van der Waals surface area contributed by atoms with Crippen molar-refractivity contribution in [2.75, 3.05) is 17.7 Å². The molecule has 4 rings (SSSR count). The summed E-state index contributed by atoms with van der Waals surface area (Å²) in [4.78, 5) is 42.7. The molecule has 2 amide bonds. The zero-order valence-electron chi connectivity index (χ0n) is 21.1. The van der Waals surface area contributed by atoms with Gasteiger partial charge in [-0.2, -0.15) is 26.3 Å². The normalized spacial score (nSPS) is 11.1. The lowest BCUT2D eigenvalue weighted by atomic mass is 10.1. The van der Waals surface area contributed by atoms with Gasteiger partial charge in [-0.15, -0.1) is 11.3 Å². The van der Waals surface area contributed by atoms with Gasteiger partial charge in [0.2, 0.25) is 0 Å². The van der Waals surface area contributed by atoms with Crippen LogP contribution in [0.15, 0.2) is 72.4 Å². The Labute approximate surface area is 236 Å². The highest BCUT2D eigenvalue weighted by Gasteiger charge is 2.38. The van der Waals surface area contributed by atoms with E-state index in [4.69, 9.17) is 14.6 Å². The first-order valence-electron chi connectivity index (χ1n) is 11.3. The lowest BCUT2D eigenvalue weighted by molar-refractivity contribution is -0.192. The second kappa shape index (κ2) is 13.1. The number of methoxy groups -OCH3 is 1. The minimum atomic E-state index is -5.08. The highest BCUT2D eigenvalue weighted by atomic mass is 32.1. The van der Waals surface area contributed by atoms with Crippen LogP contribution >= 0.6 is 11.3 Å². The van der Waals surface area contributed by atoms with Gasteiger partial charge in [0.15, 0.2) is 0 Å². The van der Waals surface area contributed by atoms with E-state index in [-0.39, 0.29) is 28.4 Å². The van der Waals surface area contributed by atoms with E-state index in [0.717, 1.165) is 17.7 Å². The first kappa shape index (κ1) is 31.5. The molecule has 2 heterocycles. The second-order valence-electron chi connectivity index (χ2n) is 8.01. The van der Waals surface area contributed by atoms with Crippen molar-refractivity contribution in [3.05, 3.63) is 89.2 Å². The lowest BCUT2D eigenvalue weighted by Gasteiger charge is -2.12. The van der Waals surface area contributed by atoms with Gasteiger partial charge in [0.25, 0.3) is 11.8 Å². The first-order chi connectivity index (χ1) is 19.7. The molecule has 2 aromatic carbocycles. The predicted molar refractivity (Wildman–Crippen MR) is 139 cm³/mol. The van der Waals surface area contributed by atoms with Crippen LogP contribution in [0, 0.1) is 0 Å². The van der Waals surface area contributed by atoms with Crippen molar-refractivity contribution in [2.45, 2.75) is 12.4 Å². The molecule has 0 bridgehead atoms. The molecule has 4 aromatic rings. The minimum Gasteiger partial charge on any atom is -0.497 e. The largest absolute Gasteiger partial charge is 0.497 e. The number of rotatable bonds is 6. The van der Waals surface area contributed by atoms with Crippen molar-refractivity contribution in [2.24, 2.45) is 0 Å². The number of aliphatic carboxylic acids is 1. The Bertz CT molecular complexity index is 1580. The van der Waals surface area contributed by atoms with Crippen molar-refractivity contribution in [1.82, 2.24) is 9.97 Å². The summed E-state index contributed by atoms with van der Waals surface area (Å²) >= 11 is 1.29. The number of nitrogens with zero attached hydrogens (tertiary/aromatic N) is 2. The van der Waals surface area contributed by atoms with Gasteiger partial charge in [0.1, 0.15) is 16.5 Å². The molecule has 0 saturated heterocycles. The number of hydrogen-bond donors (Lipinski definition) is 3.